The molecule has 26 heavy (non-hydrogen) atoms. The van der Waals surface area contributed by atoms with Crippen molar-refractivity contribution in [3.63, 3.8) is 0 Å². The van der Waals surface area contributed by atoms with E-state index >= 15 is 0 Å². The highest BCUT2D eigenvalue weighted by Gasteiger charge is 2.19. The van der Waals surface area contributed by atoms with Gasteiger partial charge in [0.05, 0.1) is 19.7 Å². The van der Waals surface area contributed by atoms with E-state index in [1.165, 1.54) is 0 Å². The van der Waals surface area contributed by atoms with Crippen molar-refractivity contribution in [3.05, 3.63) is 34.3 Å². The molecule has 1 aromatic carbocycles. The van der Waals surface area contributed by atoms with Gasteiger partial charge in [0.25, 0.3) is 0 Å². The van der Waals surface area contributed by atoms with E-state index in [0.717, 1.165) is 42.2 Å². The molecule has 1 aliphatic heterocycles. The summed E-state index contributed by atoms with van der Waals surface area (Å²) in [6, 6.07) is 8.10. The normalized spacial score (nSPS) is 16.8. The molecule has 1 aliphatic rings. The summed E-state index contributed by atoms with van der Waals surface area (Å²) in [6.45, 7) is 3.29. The third kappa shape index (κ3) is 7.79. The summed E-state index contributed by atoms with van der Waals surface area (Å²) in [7, 11) is 5.51. The average Bonchev–Trinajstić information content (AvgIpc) is 3.08. The van der Waals surface area contributed by atoms with Gasteiger partial charge in [0.2, 0.25) is 5.91 Å². The van der Waals surface area contributed by atoms with Crippen LogP contribution in [0.3, 0.4) is 0 Å². The topological polar surface area (TPSA) is 57.2 Å². The lowest BCUT2D eigenvalue weighted by molar-refractivity contribution is -0.127. The quantitative estimate of drug-likeness (QED) is 0.343. The van der Waals surface area contributed by atoms with Gasteiger partial charge >= 0.3 is 0 Å². The molecule has 0 radical (unpaired) electrons. The molecule has 1 fully saturated rings. The molecule has 0 aliphatic carbocycles. The monoisotopic (exact) mass is 538 g/mol. The summed E-state index contributed by atoms with van der Waals surface area (Å²) in [4.78, 5) is 20.3. The van der Waals surface area contributed by atoms with Gasteiger partial charge in [-0.2, -0.15) is 0 Å². The van der Waals surface area contributed by atoms with Crippen LogP contribution in [0.25, 0.3) is 0 Å². The molecule has 1 heterocycles. The Labute approximate surface area is 181 Å². The number of guanidine groups is 1. The molecule has 1 aromatic rings. The fraction of sp³-hybridized carbons (Fsp3) is 0.556. The predicted octanol–water partition coefficient (Wildman–Crippen LogP) is 2.57. The number of carbonyl (C=O) groups is 1. The van der Waals surface area contributed by atoms with Crippen LogP contribution in [0, 0.1) is 5.92 Å². The molecule has 1 N–H and O–H groups in total. The van der Waals surface area contributed by atoms with Crippen molar-refractivity contribution in [3.8, 4) is 0 Å². The molecular formula is C18H28BrIN4O2. The molecule has 2 rings (SSSR count). The van der Waals surface area contributed by atoms with Crippen molar-refractivity contribution >= 4 is 51.8 Å². The zero-order chi connectivity index (χ0) is 18.2. The Kier molecular flexibility index (Phi) is 10.5. The Balaban J connectivity index is 0.00000338. The highest BCUT2D eigenvalue weighted by molar-refractivity contribution is 14.0. The van der Waals surface area contributed by atoms with Gasteiger partial charge in [-0.05, 0) is 24.1 Å². The van der Waals surface area contributed by atoms with Crippen LogP contribution in [0.4, 0.5) is 0 Å². The molecule has 1 unspecified atom stereocenters. The first-order valence-corrected chi connectivity index (χ1v) is 9.27. The van der Waals surface area contributed by atoms with Gasteiger partial charge in [0.15, 0.2) is 5.96 Å². The highest BCUT2D eigenvalue weighted by Crippen LogP contribution is 2.14. The second-order valence-electron chi connectivity index (χ2n) is 6.52. The lowest BCUT2D eigenvalue weighted by Crippen LogP contribution is -2.45. The molecule has 8 heteroatoms. The molecule has 0 aromatic heterocycles. The molecule has 1 atom stereocenters. The molecule has 0 spiro atoms. The van der Waals surface area contributed by atoms with Crippen LogP contribution < -0.4 is 5.32 Å². The van der Waals surface area contributed by atoms with E-state index in [9.17, 15) is 4.79 Å². The number of ether oxygens (including phenoxy) is 1. The molecule has 0 bridgehead atoms. The molecule has 0 saturated carbocycles. The number of nitrogens with zero attached hydrogens (tertiary/aromatic N) is 3. The Morgan fingerprint density at radius 2 is 2.00 bits per heavy atom. The number of rotatable bonds is 6. The average molecular weight is 539 g/mol. The van der Waals surface area contributed by atoms with E-state index in [2.05, 4.69) is 26.1 Å². The van der Waals surface area contributed by atoms with Crippen LogP contribution in [-0.2, 0) is 16.1 Å². The number of aliphatic imine (C=N–C) groups is 1. The lowest BCUT2D eigenvalue weighted by Gasteiger charge is -2.25. The van der Waals surface area contributed by atoms with Gasteiger partial charge in [-0.3, -0.25) is 4.79 Å². The smallest absolute Gasteiger partial charge is 0.241 e. The number of hydrogen-bond acceptors (Lipinski definition) is 3. The Morgan fingerprint density at radius 1 is 1.31 bits per heavy atom. The number of hydrogen-bond donors (Lipinski definition) is 1. The van der Waals surface area contributed by atoms with E-state index in [1.54, 1.807) is 19.0 Å². The predicted molar refractivity (Wildman–Crippen MR) is 119 cm³/mol. The fourth-order valence-electron chi connectivity index (χ4n) is 2.58. The first-order valence-electron chi connectivity index (χ1n) is 8.47. The lowest BCUT2D eigenvalue weighted by atomic mass is 10.1. The van der Waals surface area contributed by atoms with Gasteiger partial charge < -0.3 is 19.9 Å². The van der Waals surface area contributed by atoms with E-state index in [4.69, 9.17) is 9.73 Å². The minimum Gasteiger partial charge on any atom is -0.381 e. The fourth-order valence-corrected chi connectivity index (χ4v) is 2.85. The largest absolute Gasteiger partial charge is 0.381 e. The van der Waals surface area contributed by atoms with Crippen molar-refractivity contribution in [1.29, 1.82) is 0 Å². The standard InChI is InChI=1S/C18H27BrN4O2.HI/c1-22(2)17(24)11-21-18(23(3)12-15-8-9-25-13-15)20-10-14-4-6-16(19)7-5-14;/h4-7,15H,8-13H2,1-3H3,(H,20,21);1H. The van der Waals surface area contributed by atoms with Gasteiger partial charge in [-0.25, -0.2) is 4.99 Å². The molecule has 6 nitrogen and oxygen atoms in total. The summed E-state index contributed by atoms with van der Waals surface area (Å²) >= 11 is 3.44. The van der Waals surface area contributed by atoms with Crippen molar-refractivity contribution < 1.29 is 9.53 Å². The summed E-state index contributed by atoms with van der Waals surface area (Å²) < 4.78 is 6.51. The molecule has 146 valence electrons. The van der Waals surface area contributed by atoms with Crippen LogP contribution in [0.5, 0.6) is 0 Å². The second kappa shape index (κ2) is 11.8. The highest BCUT2D eigenvalue weighted by atomic mass is 127. The number of carbonyl (C=O) groups excluding carboxylic acids is 1. The maximum Gasteiger partial charge on any atom is 0.241 e. The number of amides is 1. The summed E-state index contributed by atoms with van der Waals surface area (Å²) in [6.07, 6.45) is 1.07. The van der Waals surface area contributed by atoms with Gasteiger partial charge in [0, 0.05) is 44.7 Å². The third-order valence-corrected chi connectivity index (χ3v) is 4.67. The van der Waals surface area contributed by atoms with Crippen LogP contribution in [0.15, 0.2) is 33.7 Å². The summed E-state index contributed by atoms with van der Waals surface area (Å²) in [5, 5.41) is 3.19. The van der Waals surface area contributed by atoms with E-state index in [1.807, 2.05) is 31.3 Å². The molecule has 1 saturated heterocycles. The summed E-state index contributed by atoms with van der Waals surface area (Å²) in [5.41, 5.74) is 1.12. The van der Waals surface area contributed by atoms with Crippen molar-refractivity contribution in [1.82, 2.24) is 15.1 Å². The Bertz CT molecular complexity index is 589. The van der Waals surface area contributed by atoms with Gasteiger partial charge in [-0.1, -0.05) is 28.1 Å². The van der Waals surface area contributed by atoms with Gasteiger partial charge in [0.1, 0.15) is 0 Å². The maximum atomic E-state index is 11.9. The number of likely N-dealkylation sites (N-methyl/N-ethyl adjacent to an activating group) is 1. The zero-order valence-electron chi connectivity index (χ0n) is 15.6. The maximum absolute atomic E-state index is 11.9. The van der Waals surface area contributed by atoms with Crippen LogP contribution >= 0.6 is 39.9 Å². The Morgan fingerprint density at radius 3 is 2.58 bits per heavy atom. The molecule has 1 amide bonds. The van der Waals surface area contributed by atoms with Gasteiger partial charge in [-0.15, -0.1) is 24.0 Å². The first kappa shape index (κ1) is 23.2. The third-order valence-electron chi connectivity index (χ3n) is 4.14. The zero-order valence-corrected chi connectivity index (χ0v) is 19.5. The number of halogens is 2. The van der Waals surface area contributed by atoms with Crippen molar-refractivity contribution in [2.75, 3.05) is 47.4 Å². The number of nitrogens with one attached hydrogen (secondary N) is 1. The van der Waals surface area contributed by atoms with Crippen LogP contribution in [0.2, 0.25) is 0 Å². The first-order chi connectivity index (χ1) is 12.0. The second-order valence-corrected chi connectivity index (χ2v) is 7.43. The molecular weight excluding hydrogens is 511 g/mol. The SMILES string of the molecule is CN(C)C(=O)CNC(=NCc1ccc(Br)cc1)N(C)CC1CCOC1.I. The van der Waals surface area contributed by atoms with E-state index in [0.29, 0.717) is 12.5 Å². The van der Waals surface area contributed by atoms with Crippen molar-refractivity contribution in [2.24, 2.45) is 10.9 Å². The van der Waals surface area contributed by atoms with Crippen LogP contribution in [-0.4, -0.2) is 69.1 Å². The van der Waals surface area contributed by atoms with E-state index in [-0.39, 0.29) is 36.4 Å². The van der Waals surface area contributed by atoms with E-state index < -0.39 is 0 Å². The number of benzene rings is 1. The minimum absolute atomic E-state index is 0. The minimum atomic E-state index is 0. The summed E-state index contributed by atoms with van der Waals surface area (Å²) in [5.74, 6) is 1.27. The Hall–Kier alpha value is -0.870. The van der Waals surface area contributed by atoms with Crippen molar-refractivity contribution in [2.45, 2.75) is 13.0 Å². The van der Waals surface area contributed by atoms with Crippen LogP contribution in [0.1, 0.15) is 12.0 Å².